The Kier molecular flexibility index (Phi) is 8.77. The molecule has 0 spiro atoms. The molecule has 35 heavy (non-hydrogen) atoms. The van der Waals surface area contributed by atoms with E-state index in [2.05, 4.69) is 34.9 Å². The highest BCUT2D eigenvalue weighted by Crippen LogP contribution is 2.19. The number of hydrogen-bond donors (Lipinski definition) is 2. The lowest BCUT2D eigenvalue weighted by molar-refractivity contribution is -0.114. The number of carbonyl (C=O) groups is 1. The van der Waals surface area contributed by atoms with Crippen molar-refractivity contribution < 1.29 is 14.3 Å². The van der Waals surface area contributed by atoms with Crippen LogP contribution in [0.4, 0.5) is 11.4 Å². The number of rotatable bonds is 12. The largest absolute Gasteiger partial charge is 0.493 e. The monoisotopic (exact) mass is 466 g/mol. The van der Waals surface area contributed by atoms with Crippen molar-refractivity contribution in [3.63, 3.8) is 0 Å². The topological polar surface area (TPSA) is 59.6 Å². The molecule has 0 aliphatic carbocycles. The first-order valence-corrected chi connectivity index (χ1v) is 11.8. The molecular weight excluding hydrogens is 436 g/mol. The van der Waals surface area contributed by atoms with Crippen LogP contribution in [-0.2, 0) is 17.6 Å². The minimum atomic E-state index is -0.130. The van der Waals surface area contributed by atoms with E-state index in [1.807, 2.05) is 84.9 Å². The molecule has 0 aliphatic heterocycles. The Bertz CT molecular complexity index is 1180. The third-order valence-corrected chi connectivity index (χ3v) is 5.43. The summed E-state index contributed by atoms with van der Waals surface area (Å²) in [5.41, 5.74) is 4.04. The minimum absolute atomic E-state index is 0.130. The van der Waals surface area contributed by atoms with Crippen LogP contribution in [0.15, 0.2) is 109 Å². The second-order valence-electron chi connectivity index (χ2n) is 8.12. The van der Waals surface area contributed by atoms with E-state index in [0.717, 1.165) is 30.0 Å². The second kappa shape index (κ2) is 12.8. The maximum atomic E-state index is 12.4. The van der Waals surface area contributed by atoms with Gasteiger partial charge in [0.15, 0.2) is 0 Å². The van der Waals surface area contributed by atoms with Gasteiger partial charge in [-0.05, 0) is 47.5 Å². The van der Waals surface area contributed by atoms with Gasteiger partial charge < -0.3 is 20.1 Å². The van der Waals surface area contributed by atoms with E-state index in [-0.39, 0.29) is 12.5 Å². The summed E-state index contributed by atoms with van der Waals surface area (Å²) < 4.78 is 11.7. The Balaban J connectivity index is 1.17. The number of benzene rings is 4. The summed E-state index contributed by atoms with van der Waals surface area (Å²) >= 11 is 0. The van der Waals surface area contributed by atoms with E-state index in [4.69, 9.17) is 9.47 Å². The summed E-state index contributed by atoms with van der Waals surface area (Å²) in [6, 6.07) is 35.6. The molecule has 0 unspecified atom stereocenters. The van der Waals surface area contributed by atoms with Crippen LogP contribution in [0.3, 0.4) is 0 Å². The van der Waals surface area contributed by atoms with Gasteiger partial charge >= 0.3 is 0 Å². The summed E-state index contributed by atoms with van der Waals surface area (Å²) in [7, 11) is 0. The lowest BCUT2D eigenvalue weighted by atomic mass is 10.2. The van der Waals surface area contributed by atoms with Gasteiger partial charge in [-0.2, -0.15) is 0 Å². The van der Waals surface area contributed by atoms with Crippen LogP contribution in [0.25, 0.3) is 0 Å². The van der Waals surface area contributed by atoms with Gasteiger partial charge in [-0.3, -0.25) is 4.79 Å². The molecule has 2 N–H and O–H groups in total. The molecule has 0 radical (unpaired) electrons. The van der Waals surface area contributed by atoms with Crippen molar-refractivity contribution in [3.05, 3.63) is 120 Å². The Hall–Kier alpha value is -4.25. The van der Waals surface area contributed by atoms with Crippen LogP contribution in [0.1, 0.15) is 11.1 Å². The maximum Gasteiger partial charge on any atom is 0.243 e. The number of hydrogen-bond acceptors (Lipinski definition) is 4. The molecule has 4 rings (SSSR count). The first-order valence-electron chi connectivity index (χ1n) is 11.8. The van der Waals surface area contributed by atoms with Crippen molar-refractivity contribution in [2.24, 2.45) is 0 Å². The molecule has 4 aromatic carbocycles. The number of ether oxygens (including phenoxy) is 2. The van der Waals surface area contributed by atoms with E-state index in [1.54, 1.807) is 0 Å². The molecule has 0 saturated heterocycles. The number of anilines is 2. The molecule has 0 fully saturated rings. The van der Waals surface area contributed by atoms with Gasteiger partial charge in [0, 0.05) is 30.3 Å². The average molecular weight is 467 g/mol. The van der Waals surface area contributed by atoms with Crippen LogP contribution < -0.4 is 20.1 Å². The fraction of sp³-hybridized carbons (Fsp3) is 0.167. The predicted octanol–water partition coefficient (Wildman–Crippen LogP) is 5.98. The zero-order chi connectivity index (χ0) is 24.1. The summed E-state index contributed by atoms with van der Waals surface area (Å²) in [5, 5.41) is 6.05. The molecule has 5 heteroatoms. The first-order chi connectivity index (χ1) is 17.2. The van der Waals surface area contributed by atoms with Crippen LogP contribution in [0.5, 0.6) is 11.5 Å². The third-order valence-electron chi connectivity index (χ3n) is 5.43. The molecular formula is C30H30N2O3. The average Bonchev–Trinajstić information content (AvgIpc) is 2.90. The highest BCUT2D eigenvalue weighted by molar-refractivity contribution is 5.93. The third kappa shape index (κ3) is 8.23. The Labute approximate surface area is 206 Å². The van der Waals surface area contributed by atoms with E-state index < -0.39 is 0 Å². The quantitative estimate of drug-likeness (QED) is 0.270. The molecule has 0 aromatic heterocycles. The highest BCUT2D eigenvalue weighted by atomic mass is 16.5. The Morgan fingerprint density at radius 1 is 0.600 bits per heavy atom. The lowest BCUT2D eigenvalue weighted by Gasteiger charge is -2.11. The molecule has 0 bridgehead atoms. The molecule has 5 nitrogen and oxygen atoms in total. The van der Waals surface area contributed by atoms with E-state index >= 15 is 0 Å². The Morgan fingerprint density at radius 3 is 1.83 bits per heavy atom. The fourth-order valence-corrected chi connectivity index (χ4v) is 3.58. The smallest absolute Gasteiger partial charge is 0.243 e. The number of nitrogens with one attached hydrogen (secondary N) is 2. The van der Waals surface area contributed by atoms with Crippen molar-refractivity contribution >= 4 is 17.3 Å². The van der Waals surface area contributed by atoms with E-state index in [1.165, 1.54) is 11.1 Å². The van der Waals surface area contributed by atoms with Gasteiger partial charge in [-0.25, -0.2) is 0 Å². The highest BCUT2D eigenvalue weighted by Gasteiger charge is 2.05. The summed E-state index contributed by atoms with van der Waals surface area (Å²) in [4.78, 5) is 12.4. The van der Waals surface area contributed by atoms with Crippen LogP contribution in [-0.4, -0.2) is 25.7 Å². The van der Waals surface area contributed by atoms with Crippen molar-refractivity contribution in [1.29, 1.82) is 0 Å². The summed E-state index contributed by atoms with van der Waals surface area (Å²) in [6.07, 6.45) is 1.69. The molecule has 4 aromatic rings. The van der Waals surface area contributed by atoms with Gasteiger partial charge in [0.25, 0.3) is 0 Å². The van der Waals surface area contributed by atoms with E-state index in [0.29, 0.717) is 18.9 Å². The normalized spacial score (nSPS) is 10.4. The summed E-state index contributed by atoms with van der Waals surface area (Å²) in [6.45, 7) is 1.36. The zero-order valence-corrected chi connectivity index (χ0v) is 19.7. The summed E-state index contributed by atoms with van der Waals surface area (Å²) in [5.74, 6) is 1.41. The van der Waals surface area contributed by atoms with Crippen molar-refractivity contribution in [2.75, 3.05) is 30.4 Å². The minimum Gasteiger partial charge on any atom is -0.493 e. The number of amides is 1. The van der Waals surface area contributed by atoms with Crippen LogP contribution in [0, 0.1) is 0 Å². The van der Waals surface area contributed by atoms with Crippen molar-refractivity contribution in [3.8, 4) is 11.5 Å². The van der Waals surface area contributed by atoms with Gasteiger partial charge in [-0.15, -0.1) is 0 Å². The van der Waals surface area contributed by atoms with Gasteiger partial charge in [0.2, 0.25) is 5.91 Å². The van der Waals surface area contributed by atoms with Crippen molar-refractivity contribution in [1.82, 2.24) is 0 Å². The van der Waals surface area contributed by atoms with E-state index in [9.17, 15) is 4.79 Å². The van der Waals surface area contributed by atoms with Crippen molar-refractivity contribution in [2.45, 2.75) is 12.8 Å². The second-order valence-corrected chi connectivity index (χ2v) is 8.12. The standard InChI is InChI=1S/C30H30N2O3/c33-30(32-27-12-7-13-29(22-27)35-21-19-25-10-5-2-6-11-25)23-31-26-14-16-28(17-15-26)34-20-18-24-8-3-1-4-9-24/h1-17,22,31H,18-21,23H2,(H,32,33). The molecule has 1 amide bonds. The maximum absolute atomic E-state index is 12.4. The zero-order valence-electron chi connectivity index (χ0n) is 19.7. The SMILES string of the molecule is O=C(CNc1ccc(OCCc2ccccc2)cc1)Nc1cccc(OCCc2ccccc2)c1. The molecule has 0 atom stereocenters. The molecule has 0 aliphatic rings. The van der Waals surface area contributed by atoms with Gasteiger partial charge in [0.1, 0.15) is 11.5 Å². The van der Waals surface area contributed by atoms with Crippen LogP contribution in [0.2, 0.25) is 0 Å². The molecule has 0 heterocycles. The van der Waals surface area contributed by atoms with Gasteiger partial charge in [-0.1, -0.05) is 66.7 Å². The lowest BCUT2D eigenvalue weighted by Crippen LogP contribution is -2.21. The fourth-order valence-electron chi connectivity index (χ4n) is 3.58. The molecule has 178 valence electrons. The number of carbonyl (C=O) groups excluding carboxylic acids is 1. The Morgan fingerprint density at radius 2 is 1.20 bits per heavy atom. The van der Waals surface area contributed by atoms with Crippen LogP contribution >= 0.6 is 0 Å². The first kappa shape index (κ1) is 23.9. The molecule has 0 saturated carbocycles. The van der Waals surface area contributed by atoms with Gasteiger partial charge in [0.05, 0.1) is 19.8 Å². The predicted molar refractivity (Wildman–Crippen MR) is 141 cm³/mol.